The number of rotatable bonds is 9. The van der Waals surface area contributed by atoms with E-state index in [1.165, 1.54) is 65.4 Å². The van der Waals surface area contributed by atoms with E-state index in [0.29, 0.717) is 0 Å². The van der Waals surface area contributed by atoms with Crippen molar-refractivity contribution < 1.29 is 52.7 Å². The Kier molecular flexibility index (Phi) is 11.8. The summed E-state index contributed by atoms with van der Waals surface area (Å²) in [5, 5.41) is 8.76. The summed E-state index contributed by atoms with van der Waals surface area (Å²) >= 11 is 0. The summed E-state index contributed by atoms with van der Waals surface area (Å²) in [6.07, 6.45) is -14.2. The first-order chi connectivity index (χ1) is 29.2. The Hall–Kier alpha value is -6.90. The van der Waals surface area contributed by atoms with Crippen molar-refractivity contribution in [1.82, 2.24) is 15.0 Å². The predicted octanol–water partition coefficient (Wildman–Crippen LogP) is 14.2. The zero-order valence-corrected chi connectivity index (χ0v) is 31.7. The zero-order valence-electron chi connectivity index (χ0n) is 31.7. The van der Waals surface area contributed by atoms with Gasteiger partial charge in [0.1, 0.15) is 5.69 Å². The van der Waals surface area contributed by atoms with Crippen LogP contribution in [0, 0.1) is 0 Å². The van der Waals surface area contributed by atoms with Crippen LogP contribution in [0.4, 0.5) is 52.7 Å². The highest BCUT2D eigenvalue weighted by Crippen LogP contribution is 2.43. The van der Waals surface area contributed by atoms with E-state index in [-0.39, 0.29) is 62.3 Å². The summed E-state index contributed by atoms with van der Waals surface area (Å²) in [6, 6.07) is 30.1. The molecule has 62 heavy (non-hydrogen) atoms. The number of aromatic nitrogens is 3. The molecule has 0 fully saturated rings. The van der Waals surface area contributed by atoms with Gasteiger partial charge in [-0.15, -0.1) is 5.10 Å². The summed E-state index contributed by atoms with van der Waals surface area (Å²) in [5.41, 5.74) is -0.846. The van der Waals surface area contributed by atoms with Crippen molar-refractivity contribution in [2.24, 2.45) is 0 Å². The van der Waals surface area contributed by atoms with Gasteiger partial charge in [-0.25, -0.2) is 4.68 Å². The van der Waals surface area contributed by atoms with Gasteiger partial charge in [0.2, 0.25) is 0 Å². The highest BCUT2D eigenvalue weighted by molar-refractivity contribution is 6.03. The van der Waals surface area contributed by atoms with Crippen LogP contribution in [-0.4, -0.2) is 15.0 Å². The Labute approximate surface area is 345 Å². The van der Waals surface area contributed by atoms with Crippen molar-refractivity contribution >= 4 is 23.3 Å². The third-order valence-electron chi connectivity index (χ3n) is 9.77. The molecule has 0 N–H and O–H groups in total. The van der Waals surface area contributed by atoms with Crippen molar-refractivity contribution in [2.75, 3.05) is 0 Å². The maximum absolute atomic E-state index is 13.8. The zero-order chi connectivity index (χ0) is 44.5. The monoisotopic (exact) mass is 863 g/mol. The molecule has 1 aromatic heterocycles. The third kappa shape index (κ3) is 9.99. The maximum atomic E-state index is 13.8. The summed E-state index contributed by atoms with van der Waals surface area (Å²) in [4.78, 5) is 0. The second kappa shape index (κ2) is 16.9. The molecule has 6 aromatic carbocycles. The largest absolute Gasteiger partial charge is 0.416 e. The average molecular weight is 864 g/mol. The number of benzene rings is 6. The second-order valence-corrected chi connectivity index (χ2v) is 14.0. The fourth-order valence-electron chi connectivity index (χ4n) is 6.72. The molecule has 0 amide bonds. The van der Waals surface area contributed by atoms with Crippen molar-refractivity contribution in [3.05, 3.63) is 213 Å². The van der Waals surface area contributed by atoms with Crippen LogP contribution in [0.2, 0.25) is 0 Å². The van der Waals surface area contributed by atoms with E-state index in [0.717, 1.165) is 54.1 Å². The molecule has 7 aromatic rings. The van der Waals surface area contributed by atoms with Gasteiger partial charge in [-0.05, 0) is 111 Å². The molecule has 0 atom stereocenters. The SMILES string of the molecule is FC(F)(F)c1ccc(/C=C(\c2ccc(C(F)(F)F)cc2)c2cccc(/C(=C/c3ccc(C(F)(F)F)cc3)c3ccc(C(F)(F)F)cc3)c2-c2cn(Cc3ccccc3)nn2)cc1. The van der Waals surface area contributed by atoms with E-state index in [2.05, 4.69) is 10.3 Å². The summed E-state index contributed by atoms with van der Waals surface area (Å²) < 4.78 is 166. The number of hydrogen-bond donors (Lipinski definition) is 0. The van der Waals surface area contributed by atoms with E-state index >= 15 is 0 Å². The van der Waals surface area contributed by atoms with Crippen molar-refractivity contribution in [3.8, 4) is 11.3 Å². The molecule has 0 spiro atoms. The van der Waals surface area contributed by atoms with Crippen molar-refractivity contribution in [1.29, 1.82) is 0 Å². The van der Waals surface area contributed by atoms with Gasteiger partial charge < -0.3 is 0 Å². The first-order valence-electron chi connectivity index (χ1n) is 18.5. The lowest BCUT2D eigenvalue weighted by Gasteiger charge is -2.20. The number of nitrogens with zero attached hydrogens (tertiary/aromatic N) is 3. The highest BCUT2D eigenvalue weighted by Gasteiger charge is 2.33. The molecule has 0 aliphatic carbocycles. The molecular weight excluding hydrogens is 835 g/mol. The normalized spacial score (nSPS) is 13.1. The van der Waals surface area contributed by atoms with Crippen LogP contribution in [-0.2, 0) is 31.2 Å². The van der Waals surface area contributed by atoms with Crippen LogP contribution >= 0.6 is 0 Å². The van der Waals surface area contributed by atoms with Crippen LogP contribution in [0.5, 0.6) is 0 Å². The standard InChI is InChI=1S/C47H29F12N3/c48-44(49,50)34-17-9-29(10-18-34)25-40(32-13-21-36(22-14-32)46(54,55)56)38-7-4-8-39(43(38)42-28-62(61-60-42)27-31-5-2-1-3-6-31)41(33-15-23-37(24-16-33)47(57,58)59)26-30-11-19-35(20-12-30)45(51,52)53/h1-26,28H,27H2/b40-25+,41-26+. The van der Waals surface area contributed by atoms with Gasteiger partial charge in [0.25, 0.3) is 0 Å². The molecule has 0 aliphatic rings. The Morgan fingerprint density at radius 2 is 0.806 bits per heavy atom. The van der Waals surface area contributed by atoms with Gasteiger partial charge in [-0.1, -0.05) is 102 Å². The molecule has 1 heterocycles. The van der Waals surface area contributed by atoms with E-state index in [4.69, 9.17) is 0 Å². The number of alkyl halides is 12. The first kappa shape index (κ1) is 43.2. The molecule has 0 radical (unpaired) electrons. The molecule has 7 rings (SSSR count). The molecule has 0 saturated heterocycles. The molecule has 0 bridgehead atoms. The van der Waals surface area contributed by atoms with Gasteiger partial charge in [0.05, 0.1) is 35.0 Å². The lowest BCUT2D eigenvalue weighted by Crippen LogP contribution is -2.05. The van der Waals surface area contributed by atoms with Crippen molar-refractivity contribution in [3.63, 3.8) is 0 Å². The summed E-state index contributed by atoms with van der Waals surface area (Å²) in [7, 11) is 0. The quantitative estimate of drug-likeness (QED) is 0.107. The molecule has 316 valence electrons. The van der Waals surface area contributed by atoms with E-state index in [1.807, 2.05) is 30.3 Å². The van der Waals surface area contributed by atoms with Gasteiger partial charge >= 0.3 is 24.7 Å². The Morgan fingerprint density at radius 3 is 1.18 bits per heavy atom. The smallest absolute Gasteiger partial charge is 0.247 e. The summed E-state index contributed by atoms with van der Waals surface area (Å²) in [6.45, 7) is 0.228. The van der Waals surface area contributed by atoms with Gasteiger partial charge in [-0.3, -0.25) is 0 Å². The molecular formula is C47H29F12N3. The lowest BCUT2D eigenvalue weighted by atomic mass is 9.84. The van der Waals surface area contributed by atoms with Gasteiger partial charge in [0.15, 0.2) is 0 Å². The third-order valence-corrected chi connectivity index (χ3v) is 9.77. The molecule has 15 heteroatoms. The van der Waals surface area contributed by atoms with Crippen molar-refractivity contribution in [2.45, 2.75) is 31.2 Å². The number of hydrogen-bond acceptors (Lipinski definition) is 2. The van der Waals surface area contributed by atoms with Gasteiger partial charge in [0, 0.05) is 5.56 Å². The molecule has 3 nitrogen and oxygen atoms in total. The Morgan fingerprint density at radius 1 is 0.435 bits per heavy atom. The minimum absolute atomic E-state index is 0.169. The lowest BCUT2D eigenvalue weighted by molar-refractivity contribution is -0.138. The van der Waals surface area contributed by atoms with Gasteiger partial charge in [-0.2, -0.15) is 52.7 Å². The van der Waals surface area contributed by atoms with E-state index < -0.39 is 47.0 Å². The fraction of sp³-hybridized carbons (Fsp3) is 0.106. The molecule has 0 aliphatic heterocycles. The average Bonchev–Trinajstić information content (AvgIpc) is 3.69. The Balaban J connectivity index is 1.51. The van der Waals surface area contributed by atoms with E-state index in [1.54, 1.807) is 24.4 Å². The number of halogens is 12. The Bertz CT molecular complexity index is 2560. The van der Waals surface area contributed by atoms with Crippen LogP contribution in [0.1, 0.15) is 61.2 Å². The highest BCUT2D eigenvalue weighted by atomic mass is 19.4. The van der Waals surface area contributed by atoms with Crippen LogP contribution in [0.3, 0.4) is 0 Å². The minimum atomic E-state index is -4.71. The first-order valence-corrected chi connectivity index (χ1v) is 18.5. The molecule has 0 saturated carbocycles. The second-order valence-electron chi connectivity index (χ2n) is 14.0. The van der Waals surface area contributed by atoms with Crippen LogP contribution < -0.4 is 0 Å². The molecule has 0 unspecified atom stereocenters. The van der Waals surface area contributed by atoms with Crippen LogP contribution in [0.25, 0.3) is 34.6 Å². The predicted molar refractivity (Wildman–Crippen MR) is 211 cm³/mol. The summed E-state index contributed by atoms with van der Waals surface area (Å²) in [5.74, 6) is 0. The maximum Gasteiger partial charge on any atom is 0.416 e. The van der Waals surface area contributed by atoms with Crippen LogP contribution in [0.15, 0.2) is 152 Å². The fourth-order valence-corrected chi connectivity index (χ4v) is 6.72. The topological polar surface area (TPSA) is 30.7 Å². The van der Waals surface area contributed by atoms with E-state index in [9.17, 15) is 52.7 Å². The minimum Gasteiger partial charge on any atom is -0.247 e.